The van der Waals surface area contributed by atoms with Gasteiger partial charge in [-0.2, -0.15) is 0 Å². The van der Waals surface area contributed by atoms with Crippen molar-refractivity contribution in [1.82, 2.24) is 10.5 Å². The van der Waals surface area contributed by atoms with E-state index in [-0.39, 0.29) is 18.9 Å². The largest absolute Gasteiger partial charge is 0.488 e. The van der Waals surface area contributed by atoms with E-state index < -0.39 is 11.6 Å². The second kappa shape index (κ2) is 6.39. The smallest absolute Gasteiger partial charge is 0.262 e. The molecule has 1 saturated carbocycles. The fourth-order valence-electron chi connectivity index (χ4n) is 3.26. The first-order chi connectivity index (χ1) is 12.5. The number of aryl methyl sites for hydroxylation is 2. The summed E-state index contributed by atoms with van der Waals surface area (Å²) in [5.41, 5.74) is 1.18. The molecule has 1 aromatic carbocycles. The van der Waals surface area contributed by atoms with Crippen LogP contribution < -0.4 is 15.4 Å². The molecule has 6 nitrogen and oxygen atoms in total. The highest BCUT2D eigenvalue weighted by Crippen LogP contribution is 2.42. The number of halogens is 1. The number of alkyl halides is 1. The molecule has 2 fully saturated rings. The number of aromatic nitrogens is 1. The first-order valence-corrected chi connectivity index (χ1v) is 8.91. The van der Waals surface area contributed by atoms with Crippen molar-refractivity contribution in [3.8, 4) is 16.9 Å². The lowest BCUT2D eigenvalue weighted by Crippen LogP contribution is -2.25. The molecule has 1 aliphatic carbocycles. The van der Waals surface area contributed by atoms with Gasteiger partial charge >= 0.3 is 0 Å². The minimum Gasteiger partial charge on any atom is -0.488 e. The van der Waals surface area contributed by atoms with E-state index in [1.807, 2.05) is 19.9 Å². The number of ether oxygens (including phenoxy) is 1. The van der Waals surface area contributed by atoms with Crippen LogP contribution in [0, 0.1) is 13.8 Å². The monoisotopic (exact) mass is 359 g/mol. The number of benzene rings is 1. The molecule has 2 N–H and O–H groups in total. The molecule has 2 aromatic rings. The third-order valence-corrected chi connectivity index (χ3v) is 4.94. The van der Waals surface area contributed by atoms with E-state index in [1.54, 1.807) is 12.1 Å². The van der Waals surface area contributed by atoms with Crippen molar-refractivity contribution in [2.45, 2.75) is 44.9 Å². The number of carbonyl (C=O) groups is 1. The fourth-order valence-corrected chi connectivity index (χ4v) is 3.26. The molecular weight excluding hydrogens is 337 g/mol. The van der Waals surface area contributed by atoms with Crippen molar-refractivity contribution in [2.24, 2.45) is 0 Å². The van der Waals surface area contributed by atoms with Gasteiger partial charge in [-0.1, -0.05) is 5.16 Å². The lowest BCUT2D eigenvalue weighted by atomic mass is 10.0. The summed E-state index contributed by atoms with van der Waals surface area (Å²) in [4.78, 5) is 12.0. The van der Waals surface area contributed by atoms with Gasteiger partial charge in [0.15, 0.2) is 5.67 Å². The first kappa shape index (κ1) is 17.0. The number of anilines is 1. The second-order valence-corrected chi connectivity index (χ2v) is 7.06. The van der Waals surface area contributed by atoms with Crippen LogP contribution in [0.3, 0.4) is 0 Å². The standard InChI is InChI=1S/C19H22FN3O3/c1-11-17(12(2)26-23-11)15-9-13(22-18(24)19(20)6-7-19)3-4-16(15)25-14-5-8-21-10-14/h3-4,9,14,21H,5-8,10H2,1-2H3,(H,22,24)/t14-/m0/s1. The number of nitrogens with one attached hydrogen (secondary N) is 2. The van der Waals surface area contributed by atoms with Crippen LogP contribution in [0.2, 0.25) is 0 Å². The van der Waals surface area contributed by atoms with E-state index in [0.29, 0.717) is 17.2 Å². The summed E-state index contributed by atoms with van der Waals surface area (Å²) >= 11 is 0. The zero-order chi connectivity index (χ0) is 18.3. The summed E-state index contributed by atoms with van der Waals surface area (Å²) in [5, 5.41) is 9.96. The third-order valence-electron chi connectivity index (χ3n) is 4.94. The minimum atomic E-state index is -1.71. The average molecular weight is 359 g/mol. The molecule has 1 saturated heterocycles. The number of hydrogen-bond acceptors (Lipinski definition) is 5. The molecule has 4 rings (SSSR count). The van der Waals surface area contributed by atoms with Crippen LogP contribution in [0.15, 0.2) is 22.7 Å². The summed E-state index contributed by atoms with van der Waals surface area (Å²) in [6, 6.07) is 5.35. The van der Waals surface area contributed by atoms with Crippen molar-refractivity contribution >= 4 is 11.6 Å². The molecule has 7 heteroatoms. The zero-order valence-corrected chi connectivity index (χ0v) is 14.9. The molecule has 0 bridgehead atoms. The van der Waals surface area contributed by atoms with Crippen LogP contribution in [0.25, 0.3) is 11.1 Å². The van der Waals surface area contributed by atoms with Gasteiger partial charge in [-0.25, -0.2) is 4.39 Å². The predicted molar refractivity (Wildman–Crippen MR) is 95.0 cm³/mol. The summed E-state index contributed by atoms with van der Waals surface area (Å²) in [5.74, 6) is 0.785. The molecule has 0 spiro atoms. The lowest BCUT2D eigenvalue weighted by Gasteiger charge is -2.18. The number of hydrogen-bond donors (Lipinski definition) is 2. The highest BCUT2D eigenvalue weighted by atomic mass is 19.1. The Morgan fingerprint density at radius 1 is 1.42 bits per heavy atom. The molecule has 1 aliphatic heterocycles. The SMILES string of the molecule is Cc1noc(C)c1-c1cc(NC(=O)C2(F)CC2)ccc1O[C@H]1CCNC1. The van der Waals surface area contributed by atoms with Crippen molar-refractivity contribution in [3.05, 3.63) is 29.7 Å². The molecule has 26 heavy (non-hydrogen) atoms. The van der Waals surface area contributed by atoms with Crippen LogP contribution >= 0.6 is 0 Å². The van der Waals surface area contributed by atoms with Gasteiger partial charge in [0.25, 0.3) is 5.91 Å². The van der Waals surface area contributed by atoms with Gasteiger partial charge in [0.05, 0.1) is 11.3 Å². The van der Waals surface area contributed by atoms with Crippen molar-refractivity contribution in [1.29, 1.82) is 0 Å². The predicted octanol–water partition coefficient (Wildman–Crippen LogP) is 3.14. The van der Waals surface area contributed by atoms with Crippen molar-refractivity contribution in [3.63, 3.8) is 0 Å². The highest BCUT2D eigenvalue weighted by molar-refractivity contribution is 6.00. The summed E-state index contributed by atoms with van der Waals surface area (Å²) in [6.45, 7) is 5.42. The molecule has 1 aromatic heterocycles. The van der Waals surface area contributed by atoms with Gasteiger partial charge in [-0.05, 0) is 57.9 Å². The normalized spacial score (nSPS) is 20.8. The van der Waals surface area contributed by atoms with Crippen LogP contribution in [0.5, 0.6) is 5.75 Å². The quantitative estimate of drug-likeness (QED) is 0.858. The number of rotatable bonds is 5. The van der Waals surface area contributed by atoms with E-state index >= 15 is 0 Å². The van der Waals surface area contributed by atoms with E-state index in [9.17, 15) is 9.18 Å². The van der Waals surface area contributed by atoms with Crippen LogP contribution in [-0.4, -0.2) is 35.9 Å². The Kier molecular flexibility index (Phi) is 4.19. The Bertz CT molecular complexity index is 819. The van der Waals surface area contributed by atoms with Gasteiger partial charge in [-0.3, -0.25) is 4.79 Å². The maximum Gasteiger partial charge on any atom is 0.262 e. The maximum atomic E-state index is 14.0. The maximum absolute atomic E-state index is 14.0. The third kappa shape index (κ3) is 3.19. The second-order valence-electron chi connectivity index (χ2n) is 7.06. The van der Waals surface area contributed by atoms with E-state index in [0.717, 1.165) is 36.3 Å². The minimum absolute atomic E-state index is 0.0928. The molecule has 0 unspecified atom stereocenters. The van der Waals surface area contributed by atoms with Gasteiger partial charge in [0.1, 0.15) is 17.6 Å². The van der Waals surface area contributed by atoms with Crippen LogP contribution in [0.4, 0.5) is 10.1 Å². The first-order valence-electron chi connectivity index (χ1n) is 8.91. The van der Waals surface area contributed by atoms with Crippen LogP contribution in [0.1, 0.15) is 30.7 Å². The number of amides is 1. The lowest BCUT2D eigenvalue weighted by molar-refractivity contribution is -0.122. The van der Waals surface area contributed by atoms with Crippen molar-refractivity contribution in [2.75, 3.05) is 18.4 Å². The molecule has 1 atom stereocenters. The van der Waals surface area contributed by atoms with E-state index in [1.165, 1.54) is 0 Å². The van der Waals surface area contributed by atoms with Gasteiger partial charge < -0.3 is 19.9 Å². The van der Waals surface area contributed by atoms with E-state index in [2.05, 4.69) is 15.8 Å². The number of carbonyl (C=O) groups excluding carboxylic acids is 1. The number of nitrogens with zero attached hydrogens (tertiary/aromatic N) is 1. The topological polar surface area (TPSA) is 76.4 Å². The van der Waals surface area contributed by atoms with Crippen molar-refractivity contribution < 1.29 is 18.4 Å². The molecule has 2 heterocycles. The Hall–Kier alpha value is -2.41. The Labute approximate surface area is 151 Å². The molecule has 1 amide bonds. The Morgan fingerprint density at radius 3 is 2.85 bits per heavy atom. The van der Waals surface area contributed by atoms with Gasteiger partial charge in [-0.15, -0.1) is 0 Å². The summed E-state index contributed by atoms with van der Waals surface area (Å²) in [7, 11) is 0. The van der Waals surface area contributed by atoms with Gasteiger partial charge in [0, 0.05) is 17.8 Å². The zero-order valence-electron chi connectivity index (χ0n) is 14.9. The Morgan fingerprint density at radius 2 is 2.23 bits per heavy atom. The van der Waals surface area contributed by atoms with E-state index in [4.69, 9.17) is 9.26 Å². The Balaban J connectivity index is 1.68. The van der Waals surface area contributed by atoms with Gasteiger partial charge in [0.2, 0.25) is 0 Å². The molecule has 0 radical (unpaired) electrons. The molecule has 138 valence electrons. The molecular formula is C19H22FN3O3. The average Bonchev–Trinajstić information content (AvgIpc) is 3.02. The van der Waals surface area contributed by atoms with Crippen LogP contribution in [-0.2, 0) is 4.79 Å². The highest BCUT2D eigenvalue weighted by Gasteiger charge is 2.50. The summed E-state index contributed by atoms with van der Waals surface area (Å²) in [6.07, 6.45) is 1.59. The molecule has 2 aliphatic rings. The summed E-state index contributed by atoms with van der Waals surface area (Å²) < 4.78 is 25.4. The fraction of sp³-hybridized carbons (Fsp3) is 0.474.